The summed E-state index contributed by atoms with van der Waals surface area (Å²) in [6.07, 6.45) is 3.91. The lowest BCUT2D eigenvalue weighted by molar-refractivity contribution is -0.139. The molecule has 1 heterocycles. The monoisotopic (exact) mass is 183 g/mol. The normalized spacial score (nSPS) is 25.8. The minimum Gasteiger partial charge on any atom is -0.348 e. The van der Waals surface area contributed by atoms with E-state index in [-0.39, 0.29) is 6.10 Å². The number of nitrogens with zero attached hydrogens (tertiary/aromatic N) is 1. The molecule has 0 aromatic heterocycles. The first-order chi connectivity index (χ1) is 6.14. The number of ether oxygens (including phenoxy) is 2. The van der Waals surface area contributed by atoms with Crippen LogP contribution in [0, 0.1) is 11.3 Å². The van der Waals surface area contributed by atoms with Gasteiger partial charge in [0.25, 0.3) is 0 Å². The summed E-state index contributed by atoms with van der Waals surface area (Å²) in [4.78, 5) is 0. The number of unbranched alkanes of at least 4 members (excludes halogenated alkanes) is 2. The van der Waals surface area contributed by atoms with Gasteiger partial charge in [0, 0.05) is 6.42 Å². The topological polar surface area (TPSA) is 42.2 Å². The van der Waals surface area contributed by atoms with Crippen molar-refractivity contribution < 1.29 is 9.47 Å². The van der Waals surface area contributed by atoms with Crippen molar-refractivity contribution in [2.75, 3.05) is 6.61 Å². The first-order valence-electron chi connectivity index (χ1n) is 4.83. The van der Waals surface area contributed by atoms with Gasteiger partial charge in [-0.05, 0) is 33.1 Å². The van der Waals surface area contributed by atoms with Gasteiger partial charge >= 0.3 is 0 Å². The van der Waals surface area contributed by atoms with Gasteiger partial charge in [-0.3, -0.25) is 0 Å². The molecule has 74 valence electrons. The van der Waals surface area contributed by atoms with Crippen molar-refractivity contribution in [3.8, 4) is 6.07 Å². The predicted octanol–water partition coefficient (Wildman–Crippen LogP) is 2.22. The van der Waals surface area contributed by atoms with Crippen LogP contribution in [0.25, 0.3) is 0 Å². The van der Waals surface area contributed by atoms with Crippen molar-refractivity contribution in [2.45, 2.75) is 51.4 Å². The molecule has 1 atom stereocenters. The Bertz CT molecular complexity index is 196. The lowest BCUT2D eigenvalue weighted by atomic mass is 10.1. The maximum Gasteiger partial charge on any atom is 0.163 e. The largest absolute Gasteiger partial charge is 0.348 e. The fraction of sp³-hybridized carbons (Fsp3) is 0.900. The summed E-state index contributed by atoms with van der Waals surface area (Å²) >= 11 is 0. The van der Waals surface area contributed by atoms with Gasteiger partial charge in [-0.15, -0.1) is 0 Å². The molecular formula is C10H17NO2. The molecule has 1 saturated heterocycles. The second-order valence-electron chi connectivity index (χ2n) is 3.85. The lowest BCUT2D eigenvalue weighted by Gasteiger charge is -2.16. The molecule has 1 aliphatic rings. The summed E-state index contributed by atoms with van der Waals surface area (Å²) in [5.74, 6) is -0.403. The average molecular weight is 183 g/mol. The van der Waals surface area contributed by atoms with E-state index in [1.165, 1.54) is 0 Å². The van der Waals surface area contributed by atoms with E-state index >= 15 is 0 Å². The molecule has 1 fully saturated rings. The second kappa shape index (κ2) is 4.59. The highest BCUT2D eigenvalue weighted by Crippen LogP contribution is 2.25. The van der Waals surface area contributed by atoms with Crippen LogP contribution in [0.4, 0.5) is 0 Å². The minimum absolute atomic E-state index is 0.230. The smallest absolute Gasteiger partial charge is 0.163 e. The number of rotatable bonds is 4. The van der Waals surface area contributed by atoms with Crippen molar-refractivity contribution in [1.29, 1.82) is 5.26 Å². The van der Waals surface area contributed by atoms with Crippen LogP contribution < -0.4 is 0 Å². The predicted molar refractivity (Wildman–Crippen MR) is 49.0 cm³/mol. The Morgan fingerprint density at radius 2 is 2.23 bits per heavy atom. The van der Waals surface area contributed by atoms with Gasteiger partial charge in [-0.1, -0.05) is 0 Å². The lowest BCUT2D eigenvalue weighted by Crippen LogP contribution is -2.21. The van der Waals surface area contributed by atoms with Crippen molar-refractivity contribution in [2.24, 2.45) is 0 Å². The standard InChI is InChI=1S/C10H17NO2/c1-10(2)12-8-9(13-10)6-4-3-5-7-11/h9H,3-6,8H2,1-2H3/t9-/m1/s1. The molecule has 0 saturated carbocycles. The Kier molecular flexibility index (Phi) is 3.71. The zero-order chi connectivity index (χ0) is 9.73. The molecule has 0 aliphatic carbocycles. The summed E-state index contributed by atoms with van der Waals surface area (Å²) < 4.78 is 11.0. The van der Waals surface area contributed by atoms with E-state index in [1.54, 1.807) is 0 Å². The molecule has 1 aliphatic heterocycles. The average Bonchev–Trinajstić information content (AvgIpc) is 2.40. The van der Waals surface area contributed by atoms with Crippen molar-refractivity contribution in [3.63, 3.8) is 0 Å². The summed E-state index contributed by atoms with van der Waals surface area (Å²) in [5.41, 5.74) is 0. The molecule has 3 heteroatoms. The van der Waals surface area contributed by atoms with Gasteiger partial charge in [-0.25, -0.2) is 0 Å². The first kappa shape index (κ1) is 10.5. The van der Waals surface area contributed by atoms with Crippen LogP contribution in [0.3, 0.4) is 0 Å². The highest BCUT2D eigenvalue weighted by Gasteiger charge is 2.31. The van der Waals surface area contributed by atoms with E-state index in [4.69, 9.17) is 14.7 Å². The highest BCUT2D eigenvalue weighted by atomic mass is 16.7. The molecule has 0 bridgehead atoms. The Labute approximate surface area is 79.6 Å². The van der Waals surface area contributed by atoms with Crippen LogP contribution in [0.5, 0.6) is 0 Å². The quantitative estimate of drug-likeness (QED) is 0.627. The van der Waals surface area contributed by atoms with Crippen LogP contribution in [0.2, 0.25) is 0 Å². The molecular weight excluding hydrogens is 166 g/mol. The third kappa shape index (κ3) is 3.75. The molecule has 0 unspecified atom stereocenters. The Balaban J connectivity index is 2.08. The number of hydrogen-bond donors (Lipinski definition) is 0. The van der Waals surface area contributed by atoms with Crippen LogP contribution in [0.15, 0.2) is 0 Å². The van der Waals surface area contributed by atoms with Crippen molar-refractivity contribution >= 4 is 0 Å². The van der Waals surface area contributed by atoms with E-state index < -0.39 is 5.79 Å². The van der Waals surface area contributed by atoms with E-state index in [9.17, 15) is 0 Å². The third-order valence-electron chi connectivity index (χ3n) is 2.13. The second-order valence-corrected chi connectivity index (χ2v) is 3.85. The Morgan fingerprint density at radius 3 is 2.77 bits per heavy atom. The summed E-state index contributed by atoms with van der Waals surface area (Å²) in [6, 6.07) is 2.14. The molecule has 1 rings (SSSR count). The molecule has 13 heavy (non-hydrogen) atoms. The number of hydrogen-bond acceptors (Lipinski definition) is 3. The molecule has 0 aromatic carbocycles. The van der Waals surface area contributed by atoms with Gasteiger partial charge in [-0.2, -0.15) is 5.26 Å². The van der Waals surface area contributed by atoms with Gasteiger partial charge in [0.15, 0.2) is 5.79 Å². The third-order valence-corrected chi connectivity index (χ3v) is 2.13. The van der Waals surface area contributed by atoms with E-state index in [0.29, 0.717) is 13.0 Å². The maximum absolute atomic E-state index is 8.34. The zero-order valence-electron chi connectivity index (χ0n) is 8.38. The molecule has 0 amide bonds. The Morgan fingerprint density at radius 1 is 1.46 bits per heavy atom. The molecule has 0 radical (unpaired) electrons. The summed E-state index contributed by atoms with van der Waals surface area (Å²) in [7, 11) is 0. The minimum atomic E-state index is -0.403. The first-order valence-corrected chi connectivity index (χ1v) is 4.83. The van der Waals surface area contributed by atoms with Gasteiger partial charge < -0.3 is 9.47 Å². The zero-order valence-corrected chi connectivity index (χ0v) is 8.38. The SMILES string of the molecule is CC1(C)OC[C@@H](CCCCC#N)O1. The molecule has 0 aromatic rings. The van der Waals surface area contributed by atoms with Crippen LogP contribution >= 0.6 is 0 Å². The van der Waals surface area contributed by atoms with Gasteiger partial charge in [0.1, 0.15) is 0 Å². The fourth-order valence-corrected chi connectivity index (χ4v) is 1.48. The van der Waals surface area contributed by atoms with Crippen molar-refractivity contribution in [3.05, 3.63) is 0 Å². The summed E-state index contributed by atoms with van der Waals surface area (Å²) in [5, 5.41) is 8.34. The van der Waals surface area contributed by atoms with Crippen LogP contribution in [0.1, 0.15) is 39.5 Å². The molecule has 3 nitrogen and oxygen atoms in total. The van der Waals surface area contributed by atoms with E-state index in [0.717, 1.165) is 19.3 Å². The van der Waals surface area contributed by atoms with Gasteiger partial charge in [0.05, 0.1) is 18.8 Å². The fourth-order valence-electron chi connectivity index (χ4n) is 1.48. The highest BCUT2D eigenvalue weighted by molar-refractivity contribution is 4.72. The van der Waals surface area contributed by atoms with E-state index in [2.05, 4.69) is 6.07 Å². The number of nitriles is 1. The summed E-state index contributed by atoms with van der Waals surface area (Å²) in [6.45, 7) is 4.56. The Hall–Kier alpha value is -0.590. The molecule has 0 N–H and O–H groups in total. The van der Waals surface area contributed by atoms with Gasteiger partial charge in [0.2, 0.25) is 0 Å². The van der Waals surface area contributed by atoms with Crippen LogP contribution in [-0.2, 0) is 9.47 Å². The maximum atomic E-state index is 8.34. The molecule has 0 spiro atoms. The van der Waals surface area contributed by atoms with Crippen LogP contribution in [-0.4, -0.2) is 18.5 Å². The van der Waals surface area contributed by atoms with E-state index in [1.807, 2.05) is 13.8 Å². The van der Waals surface area contributed by atoms with Crippen molar-refractivity contribution in [1.82, 2.24) is 0 Å².